The fourth-order valence-electron chi connectivity index (χ4n) is 2.87. The lowest BCUT2D eigenvalue weighted by atomic mass is 10.1. The average molecular weight is 342 g/mol. The van der Waals surface area contributed by atoms with Gasteiger partial charge in [-0.15, -0.1) is 0 Å². The minimum absolute atomic E-state index is 0.111. The number of amides is 1. The van der Waals surface area contributed by atoms with E-state index in [2.05, 4.69) is 4.90 Å². The number of hydrogen-bond acceptors (Lipinski definition) is 4. The van der Waals surface area contributed by atoms with Gasteiger partial charge in [0.25, 0.3) is 5.91 Å². The first kappa shape index (κ1) is 18.6. The maximum Gasteiger partial charge on any atom is 0.263 e. The first-order valence-electron chi connectivity index (χ1n) is 8.21. The molecule has 24 heavy (non-hydrogen) atoms. The number of carbonyl (C=O) groups is 1. The molecule has 7 heteroatoms. The smallest absolute Gasteiger partial charge is 0.263 e. The largest absolute Gasteiger partial charge is 0.481 e. The third-order valence-corrected chi connectivity index (χ3v) is 4.38. The molecule has 0 bridgehead atoms. The van der Waals surface area contributed by atoms with Crippen molar-refractivity contribution in [2.24, 2.45) is 0 Å². The molecule has 1 aliphatic rings. The molecule has 1 amide bonds. The second kappa shape index (κ2) is 8.39. The van der Waals surface area contributed by atoms with Crippen LogP contribution in [0.3, 0.4) is 0 Å². The molecule has 1 aromatic carbocycles. The van der Waals surface area contributed by atoms with Crippen molar-refractivity contribution >= 4 is 5.91 Å². The Balaban J connectivity index is 1.88. The molecule has 1 fully saturated rings. The third kappa shape index (κ3) is 4.42. The van der Waals surface area contributed by atoms with E-state index < -0.39 is 17.7 Å². The lowest BCUT2D eigenvalue weighted by Gasteiger charge is -2.39. The van der Waals surface area contributed by atoms with Gasteiger partial charge in [-0.2, -0.15) is 0 Å². The summed E-state index contributed by atoms with van der Waals surface area (Å²) in [5, 5.41) is 9.35. The lowest BCUT2D eigenvalue weighted by molar-refractivity contribution is -0.140. The number of hydrogen-bond donors (Lipinski definition) is 1. The molecule has 1 aliphatic heterocycles. The van der Waals surface area contributed by atoms with E-state index in [4.69, 9.17) is 4.74 Å². The summed E-state index contributed by atoms with van der Waals surface area (Å²) in [7, 11) is 0. The summed E-state index contributed by atoms with van der Waals surface area (Å²) in [6.07, 6.45) is 0.0846. The maximum absolute atomic E-state index is 13.2. The molecule has 2 unspecified atom stereocenters. The average Bonchev–Trinajstić information content (AvgIpc) is 2.59. The van der Waals surface area contributed by atoms with E-state index >= 15 is 0 Å². The summed E-state index contributed by atoms with van der Waals surface area (Å²) in [5.74, 6) is -2.02. The van der Waals surface area contributed by atoms with E-state index in [0.29, 0.717) is 26.2 Å². The molecule has 1 heterocycles. The van der Waals surface area contributed by atoms with Gasteiger partial charge in [0.15, 0.2) is 17.7 Å². The number of benzene rings is 1. The molecule has 134 valence electrons. The van der Waals surface area contributed by atoms with Crippen molar-refractivity contribution in [2.75, 3.05) is 32.8 Å². The minimum Gasteiger partial charge on any atom is -0.481 e. The van der Waals surface area contributed by atoms with Crippen LogP contribution in [-0.4, -0.2) is 65.7 Å². The van der Waals surface area contributed by atoms with E-state index in [1.54, 1.807) is 11.8 Å². The molecule has 2 rings (SSSR count). The van der Waals surface area contributed by atoms with Gasteiger partial charge in [-0.3, -0.25) is 9.69 Å². The van der Waals surface area contributed by atoms with Crippen LogP contribution >= 0.6 is 0 Å². The highest BCUT2D eigenvalue weighted by Gasteiger charge is 2.28. The predicted molar refractivity (Wildman–Crippen MR) is 85.8 cm³/mol. The Labute approximate surface area is 140 Å². The molecular formula is C17H24F2N2O3. The zero-order valence-electron chi connectivity index (χ0n) is 14.0. The maximum atomic E-state index is 13.2. The summed E-state index contributed by atoms with van der Waals surface area (Å²) >= 11 is 0. The molecule has 5 nitrogen and oxygen atoms in total. The van der Waals surface area contributed by atoms with E-state index in [0.717, 1.165) is 18.6 Å². The normalized spacial score (nSPS) is 18.3. The first-order valence-corrected chi connectivity index (χ1v) is 8.21. The summed E-state index contributed by atoms with van der Waals surface area (Å²) in [5.41, 5.74) is 0. The molecule has 1 saturated heterocycles. The Morgan fingerprint density at radius 3 is 2.46 bits per heavy atom. The van der Waals surface area contributed by atoms with Gasteiger partial charge in [-0.1, -0.05) is 6.92 Å². The van der Waals surface area contributed by atoms with Crippen LogP contribution in [0.2, 0.25) is 0 Å². The Hall–Kier alpha value is -1.73. The second-order valence-corrected chi connectivity index (χ2v) is 5.94. The highest BCUT2D eigenvalue weighted by atomic mass is 19.2. The van der Waals surface area contributed by atoms with E-state index in [1.165, 1.54) is 6.07 Å². The van der Waals surface area contributed by atoms with Crippen LogP contribution in [0.1, 0.15) is 20.3 Å². The van der Waals surface area contributed by atoms with Crippen LogP contribution in [0, 0.1) is 11.6 Å². The number of piperazine rings is 1. The van der Waals surface area contributed by atoms with Gasteiger partial charge in [0.1, 0.15) is 5.75 Å². The van der Waals surface area contributed by atoms with Crippen LogP contribution in [-0.2, 0) is 4.79 Å². The van der Waals surface area contributed by atoms with Crippen molar-refractivity contribution in [1.29, 1.82) is 0 Å². The lowest BCUT2D eigenvalue weighted by Crippen LogP contribution is -2.54. The summed E-state index contributed by atoms with van der Waals surface area (Å²) in [6.45, 7) is 6.24. The summed E-state index contributed by atoms with van der Waals surface area (Å²) in [4.78, 5) is 16.3. The zero-order chi connectivity index (χ0) is 17.7. The Bertz CT molecular complexity index is 559. The fourth-order valence-corrected chi connectivity index (χ4v) is 2.87. The van der Waals surface area contributed by atoms with E-state index in [1.807, 2.05) is 6.92 Å². The van der Waals surface area contributed by atoms with Crippen molar-refractivity contribution in [3.8, 4) is 5.75 Å². The highest BCUT2D eigenvalue weighted by Crippen LogP contribution is 2.18. The van der Waals surface area contributed by atoms with Gasteiger partial charge in [0.05, 0.1) is 6.61 Å². The number of rotatable bonds is 6. The van der Waals surface area contributed by atoms with Gasteiger partial charge >= 0.3 is 0 Å². The fraction of sp³-hybridized carbons (Fsp3) is 0.588. The Morgan fingerprint density at radius 1 is 1.25 bits per heavy atom. The first-order chi connectivity index (χ1) is 11.5. The van der Waals surface area contributed by atoms with Crippen LogP contribution < -0.4 is 4.74 Å². The van der Waals surface area contributed by atoms with Crippen LogP contribution in [0.5, 0.6) is 5.75 Å². The minimum atomic E-state index is -1.00. The number of aliphatic hydroxyl groups excluding tert-OH is 1. The Kier molecular flexibility index (Phi) is 6.51. The van der Waals surface area contributed by atoms with Crippen LogP contribution in [0.4, 0.5) is 8.78 Å². The monoisotopic (exact) mass is 342 g/mol. The molecule has 1 N–H and O–H groups in total. The number of aliphatic hydroxyl groups is 1. The molecule has 2 atom stereocenters. The molecule has 0 aromatic heterocycles. The molecule has 1 aromatic rings. The summed E-state index contributed by atoms with van der Waals surface area (Å²) < 4.78 is 31.5. The predicted octanol–water partition coefficient (Wildman–Crippen LogP) is 1.65. The van der Waals surface area contributed by atoms with Gasteiger partial charge < -0.3 is 14.7 Å². The molecular weight excluding hydrogens is 318 g/mol. The van der Waals surface area contributed by atoms with Gasteiger partial charge in [-0.25, -0.2) is 8.78 Å². The number of nitrogens with zero attached hydrogens (tertiary/aromatic N) is 2. The second-order valence-electron chi connectivity index (χ2n) is 5.94. The van der Waals surface area contributed by atoms with Crippen LogP contribution in [0.25, 0.3) is 0 Å². The molecule has 0 radical (unpaired) electrons. The van der Waals surface area contributed by atoms with Crippen LogP contribution in [0.15, 0.2) is 18.2 Å². The molecule has 0 aliphatic carbocycles. The number of ether oxygens (including phenoxy) is 1. The molecule has 0 saturated carbocycles. The topological polar surface area (TPSA) is 53.0 Å². The number of halogens is 2. The number of carbonyl (C=O) groups excluding carboxylic acids is 1. The van der Waals surface area contributed by atoms with Crippen molar-refractivity contribution in [3.05, 3.63) is 29.8 Å². The van der Waals surface area contributed by atoms with Crippen molar-refractivity contribution in [1.82, 2.24) is 9.80 Å². The van der Waals surface area contributed by atoms with Gasteiger partial charge in [-0.05, 0) is 25.5 Å². The SMILES string of the molecule is CCC(CO)N1CCN(C(=O)C(C)Oc2ccc(F)c(F)c2)CC1. The van der Waals surface area contributed by atoms with Crippen molar-refractivity contribution in [2.45, 2.75) is 32.4 Å². The standard InChI is InChI=1S/C17H24F2N2O3/c1-3-13(11-22)20-6-8-21(9-7-20)17(23)12(2)24-14-4-5-15(18)16(19)10-14/h4-5,10,12-13,22H,3,6-9,11H2,1-2H3. The van der Waals surface area contributed by atoms with E-state index in [-0.39, 0.29) is 24.3 Å². The molecule has 0 spiro atoms. The van der Waals surface area contributed by atoms with Gasteiger partial charge in [0.2, 0.25) is 0 Å². The van der Waals surface area contributed by atoms with Crippen molar-refractivity contribution in [3.63, 3.8) is 0 Å². The van der Waals surface area contributed by atoms with E-state index in [9.17, 15) is 18.7 Å². The highest BCUT2D eigenvalue weighted by molar-refractivity contribution is 5.81. The third-order valence-electron chi connectivity index (χ3n) is 4.38. The Morgan fingerprint density at radius 2 is 1.92 bits per heavy atom. The summed E-state index contributed by atoms with van der Waals surface area (Å²) in [6, 6.07) is 3.33. The van der Waals surface area contributed by atoms with Gasteiger partial charge in [0, 0.05) is 38.3 Å². The quantitative estimate of drug-likeness (QED) is 0.854. The zero-order valence-corrected chi connectivity index (χ0v) is 14.0. The van der Waals surface area contributed by atoms with Crippen molar-refractivity contribution < 1.29 is 23.4 Å².